The minimum Gasteiger partial charge on any atom is -0.455 e. The van der Waals surface area contributed by atoms with Crippen molar-refractivity contribution in [3.8, 4) is 21.6 Å². The van der Waals surface area contributed by atoms with Gasteiger partial charge in [-0.05, 0) is 118 Å². The Bertz CT molecular complexity index is 3520. The molecule has 0 radical (unpaired) electrons. The van der Waals surface area contributed by atoms with Crippen molar-refractivity contribution >= 4 is 111 Å². The van der Waals surface area contributed by atoms with E-state index in [1.165, 1.54) is 115 Å². The van der Waals surface area contributed by atoms with Crippen molar-refractivity contribution < 1.29 is 4.42 Å². The molecule has 5 heterocycles. The summed E-state index contributed by atoms with van der Waals surface area (Å²) in [6, 6.07) is 52.1. The number of aryl methyl sites for hydroxylation is 3. The van der Waals surface area contributed by atoms with Crippen LogP contribution >= 0.6 is 11.3 Å². The van der Waals surface area contributed by atoms with E-state index in [4.69, 9.17) is 4.42 Å². The fourth-order valence-electron chi connectivity index (χ4n) is 10.5. The molecule has 262 valence electrons. The molecule has 0 atom stereocenters. The molecule has 3 aromatic heterocycles. The summed E-state index contributed by atoms with van der Waals surface area (Å²) in [5, 5.41) is 12.2. The van der Waals surface area contributed by atoms with Crippen molar-refractivity contribution in [2.24, 2.45) is 0 Å². The van der Waals surface area contributed by atoms with Gasteiger partial charge in [-0.2, -0.15) is 0 Å². The van der Waals surface area contributed by atoms with Crippen LogP contribution in [0.25, 0.3) is 86.9 Å². The number of nitrogens with zero attached hydrogens (tertiary/aromatic N) is 2. The molecule has 11 aromatic rings. The Hall–Kier alpha value is -6.56. The summed E-state index contributed by atoms with van der Waals surface area (Å²) in [4.78, 5) is 3.87. The molecule has 0 saturated heterocycles. The molecule has 0 bridgehead atoms. The molecule has 2 aliphatic rings. The molecule has 3 nitrogen and oxygen atoms in total. The monoisotopic (exact) mass is 732 g/mol. The van der Waals surface area contributed by atoms with Crippen LogP contribution in [0, 0.1) is 20.8 Å². The summed E-state index contributed by atoms with van der Waals surface area (Å²) in [7, 11) is 0. The summed E-state index contributed by atoms with van der Waals surface area (Å²) in [6.45, 7) is 6.66. The van der Waals surface area contributed by atoms with E-state index in [0.717, 1.165) is 16.6 Å². The van der Waals surface area contributed by atoms with Gasteiger partial charge in [0.15, 0.2) is 0 Å². The van der Waals surface area contributed by atoms with Gasteiger partial charge in [0.25, 0.3) is 0 Å². The number of aromatic nitrogens is 1. The quantitative estimate of drug-likeness (QED) is 0.165. The van der Waals surface area contributed by atoms with E-state index < -0.39 is 0 Å². The number of anilines is 3. The van der Waals surface area contributed by atoms with Crippen LogP contribution in [0.2, 0.25) is 0 Å². The Balaban J connectivity index is 1.19. The van der Waals surface area contributed by atoms with Gasteiger partial charge >= 0.3 is 6.85 Å². The largest absolute Gasteiger partial charge is 0.455 e. The number of fused-ring (bicyclic) bond motifs is 13. The molecule has 0 saturated carbocycles. The number of hydrogen-bond acceptors (Lipinski definition) is 3. The number of benzene rings is 8. The van der Waals surface area contributed by atoms with Crippen LogP contribution in [-0.2, 0) is 0 Å². The lowest BCUT2D eigenvalue weighted by Gasteiger charge is -2.38. The lowest BCUT2D eigenvalue weighted by Crippen LogP contribution is -2.55. The van der Waals surface area contributed by atoms with E-state index >= 15 is 0 Å². The summed E-state index contributed by atoms with van der Waals surface area (Å²) in [6.07, 6.45) is 0. The summed E-state index contributed by atoms with van der Waals surface area (Å²) in [5.41, 5.74) is 18.5. The molecule has 0 amide bonds. The van der Waals surface area contributed by atoms with Crippen LogP contribution in [0.5, 0.6) is 0 Å². The van der Waals surface area contributed by atoms with Crippen LogP contribution in [0.3, 0.4) is 0 Å². The van der Waals surface area contributed by atoms with Crippen LogP contribution in [0.15, 0.2) is 149 Å². The fourth-order valence-corrected chi connectivity index (χ4v) is 11.5. The molecule has 8 aromatic carbocycles. The first-order valence-corrected chi connectivity index (χ1v) is 20.3. The van der Waals surface area contributed by atoms with E-state index in [9.17, 15) is 0 Å². The third-order valence-electron chi connectivity index (χ3n) is 12.6. The second-order valence-electron chi connectivity index (χ2n) is 15.9. The molecular weight excluding hydrogens is 699 g/mol. The zero-order chi connectivity index (χ0) is 37.0. The van der Waals surface area contributed by atoms with E-state index in [0.29, 0.717) is 0 Å². The Morgan fingerprint density at radius 3 is 2.16 bits per heavy atom. The standard InChI is InChI=1S/C51H33BN2OS/c1-28-20-29(2)46(30(3)21-28)35-17-19-42-39(23-35)47-49-40(26-38-37-14-8-9-15-45(37)55-50(38)47)51-48-44(27-56-51)53(36-18-16-31-10-4-5-11-32(31)22-36)43-25-34-13-7-6-12-33(34)24-41(43)52(48)54(42)49/h4-27H,1-3H3. The van der Waals surface area contributed by atoms with Crippen molar-refractivity contribution in [2.75, 3.05) is 4.90 Å². The van der Waals surface area contributed by atoms with Crippen LogP contribution < -0.4 is 15.8 Å². The van der Waals surface area contributed by atoms with Gasteiger partial charge in [0, 0.05) is 48.9 Å². The molecule has 0 fully saturated rings. The topological polar surface area (TPSA) is 21.3 Å². The molecular formula is C51H33BN2OS. The maximum atomic E-state index is 6.91. The van der Waals surface area contributed by atoms with Crippen molar-refractivity contribution in [1.29, 1.82) is 0 Å². The van der Waals surface area contributed by atoms with E-state index in [1.54, 1.807) is 0 Å². The first-order chi connectivity index (χ1) is 27.5. The van der Waals surface area contributed by atoms with E-state index in [1.807, 2.05) is 11.3 Å². The number of hydrogen-bond donors (Lipinski definition) is 0. The first kappa shape index (κ1) is 30.7. The van der Waals surface area contributed by atoms with Crippen LogP contribution in [0.4, 0.5) is 17.1 Å². The molecule has 0 spiro atoms. The maximum Gasteiger partial charge on any atom is 0.333 e. The Kier molecular flexibility index (Phi) is 5.93. The van der Waals surface area contributed by atoms with Crippen molar-refractivity contribution in [3.05, 3.63) is 162 Å². The predicted molar refractivity (Wildman–Crippen MR) is 240 cm³/mol. The highest BCUT2D eigenvalue weighted by Gasteiger charge is 2.44. The highest BCUT2D eigenvalue weighted by atomic mass is 32.1. The summed E-state index contributed by atoms with van der Waals surface area (Å²) in [5.74, 6) is 0. The Labute approximate surface area is 327 Å². The zero-order valence-corrected chi connectivity index (χ0v) is 32.0. The van der Waals surface area contributed by atoms with Crippen molar-refractivity contribution in [3.63, 3.8) is 0 Å². The molecule has 56 heavy (non-hydrogen) atoms. The first-order valence-electron chi connectivity index (χ1n) is 19.4. The third kappa shape index (κ3) is 3.93. The molecule has 2 aliphatic heterocycles. The summed E-state index contributed by atoms with van der Waals surface area (Å²) >= 11 is 1.88. The van der Waals surface area contributed by atoms with Crippen molar-refractivity contribution in [1.82, 2.24) is 4.48 Å². The second kappa shape index (κ2) is 10.8. The SMILES string of the molecule is Cc1cc(C)c(-c2ccc3c(c2)c2c4oc5ccccc5c4cc4c2n3B2c3cc5ccccc5cc3N(c3ccc5ccccc5c3)c3csc-4c32)c(C)c1. The van der Waals surface area contributed by atoms with E-state index in [2.05, 4.69) is 175 Å². The van der Waals surface area contributed by atoms with Gasteiger partial charge in [0.1, 0.15) is 11.2 Å². The zero-order valence-electron chi connectivity index (χ0n) is 31.1. The molecule has 5 heteroatoms. The maximum absolute atomic E-state index is 6.91. The third-order valence-corrected chi connectivity index (χ3v) is 13.6. The van der Waals surface area contributed by atoms with Crippen LogP contribution in [-0.4, -0.2) is 11.3 Å². The normalized spacial score (nSPS) is 13.2. The van der Waals surface area contributed by atoms with Crippen LogP contribution in [0.1, 0.15) is 16.7 Å². The smallest absolute Gasteiger partial charge is 0.333 e. The molecule has 0 N–H and O–H groups in total. The molecule has 0 aliphatic carbocycles. The number of para-hydroxylation sites is 1. The number of furan rings is 1. The predicted octanol–water partition coefficient (Wildman–Crippen LogP) is 13.1. The van der Waals surface area contributed by atoms with E-state index in [-0.39, 0.29) is 6.85 Å². The van der Waals surface area contributed by atoms with Gasteiger partial charge in [0.05, 0.1) is 16.6 Å². The summed E-state index contributed by atoms with van der Waals surface area (Å²) < 4.78 is 9.58. The highest BCUT2D eigenvalue weighted by molar-refractivity contribution is 7.17. The number of rotatable bonds is 2. The minimum atomic E-state index is -0.0226. The average molecular weight is 733 g/mol. The Morgan fingerprint density at radius 1 is 0.607 bits per heavy atom. The fraction of sp³-hybridized carbons (Fsp3) is 0.0588. The molecule has 0 unspecified atom stereocenters. The Morgan fingerprint density at radius 2 is 1.34 bits per heavy atom. The minimum absolute atomic E-state index is 0.0226. The lowest BCUT2D eigenvalue weighted by atomic mass is 9.46. The molecule has 13 rings (SSSR count). The lowest BCUT2D eigenvalue weighted by molar-refractivity contribution is 0.673. The second-order valence-corrected chi connectivity index (χ2v) is 16.8. The van der Waals surface area contributed by atoms with Crippen molar-refractivity contribution in [2.45, 2.75) is 20.8 Å². The van der Waals surface area contributed by atoms with Gasteiger partial charge in [-0.25, -0.2) is 0 Å². The van der Waals surface area contributed by atoms with Gasteiger partial charge in [-0.1, -0.05) is 103 Å². The highest BCUT2D eigenvalue weighted by Crippen LogP contribution is 2.51. The number of thiophene rings is 1. The average Bonchev–Trinajstić information content (AvgIpc) is 3.91. The van der Waals surface area contributed by atoms with Gasteiger partial charge in [0.2, 0.25) is 0 Å². The van der Waals surface area contributed by atoms with Gasteiger partial charge < -0.3 is 13.8 Å². The van der Waals surface area contributed by atoms with Gasteiger partial charge in [-0.15, -0.1) is 11.3 Å². The van der Waals surface area contributed by atoms with Gasteiger partial charge in [-0.3, -0.25) is 0 Å².